The molecule has 0 aliphatic carbocycles. The number of quaternary nitrogens is 1. The van der Waals surface area contributed by atoms with Crippen molar-refractivity contribution < 1.29 is 19.2 Å². The number of Topliss-reactive ketones (excluding diaryl/α,β-unsaturated/α-hetero) is 1. The van der Waals surface area contributed by atoms with E-state index in [1.807, 2.05) is 17.3 Å². The molecule has 0 radical (unpaired) electrons. The fraction of sp³-hybridized carbons (Fsp3) is 0.409. The van der Waals surface area contributed by atoms with Crippen molar-refractivity contribution in [3.8, 4) is 5.75 Å². The van der Waals surface area contributed by atoms with Gasteiger partial charge in [-0.3, -0.25) is 14.6 Å². The first-order chi connectivity index (χ1) is 13.6. The number of rotatable bonds is 8. The van der Waals surface area contributed by atoms with Gasteiger partial charge in [0.2, 0.25) is 5.91 Å². The molecule has 0 bridgehead atoms. The number of benzene rings is 1. The number of carbonyl (C=O) groups is 2. The van der Waals surface area contributed by atoms with Gasteiger partial charge in [-0.2, -0.15) is 0 Å². The lowest BCUT2D eigenvalue weighted by Gasteiger charge is -2.32. The molecular weight excluding hydrogens is 354 g/mol. The fourth-order valence-electron chi connectivity index (χ4n) is 3.40. The predicted molar refractivity (Wildman–Crippen MR) is 106 cm³/mol. The van der Waals surface area contributed by atoms with Crippen LogP contribution in [0.1, 0.15) is 35.7 Å². The van der Waals surface area contributed by atoms with Gasteiger partial charge in [-0.25, -0.2) is 0 Å². The Kier molecular flexibility index (Phi) is 7.14. The van der Waals surface area contributed by atoms with Gasteiger partial charge < -0.3 is 14.5 Å². The van der Waals surface area contributed by atoms with Crippen LogP contribution in [0.3, 0.4) is 0 Å². The minimum atomic E-state index is 0.0415. The van der Waals surface area contributed by atoms with Crippen molar-refractivity contribution in [2.45, 2.75) is 26.3 Å². The molecule has 2 heterocycles. The molecule has 0 unspecified atom stereocenters. The number of nitrogens with zero attached hydrogens (tertiary/aromatic N) is 2. The Labute approximate surface area is 166 Å². The zero-order valence-electron chi connectivity index (χ0n) is 16.4. The van der Waals surface area contributed by atoms with Gasteiger partial charge in [-0.15, -0.1) is 0 Å². The molecule has 1 N–H and O–H groups in total. The summed E-state index contributed by atoms with van der Waals surface area (Å²) in [7, 11) is 0. The summed E-state index contributed by atoms with van der Waals surface area (Å²) in [6, 6.07) is 11.2. The van der Waals surface area contributed by atoms with Crippen LogP contribution in [0.25, 0.3) is 0 Å². The maximum absolute atomic E-state index is 12.4. The SMILES string of the molecule is CC(=O)c1ccc(OCCCC(=O)N2CC[NH+](Cc3ccncc3)CC2)cc1. The smallest absolute Gasteiger partial charge is 0.223 e. The highest BCUT2D eigenvalue weighted by molar-refractivity contribution is 5.94. The van der Waals surface area contributed by atoms with Crippen LogP contribution in [-0.4, -0.2) is 54.4 Å². The van der Waals surface area contributed by atoms with Gasteiger partial charge in [0.15, 0.2) is 5.78 Å². The van der Waals surface area contributed by atoms with E-state index in [-0.39, 0.29) is 11.7 Å². The minimum Gasteiger partial charge on any atom is -0.494 e. The zero-order valence-corrected chi connectivity index (χ0v) is 16.4. The Morgan fingerprint density at radius 3 is 2.39 bits per heavy atom. The largest absolute Gasteiger partial charge is 0.494 e. The van der Waals surface area contributed by atoms with E-state index >= 15 is 0 Å². The van der Waals surface area contributed by atoms with Crippen molar-refractivity contribution in [2.24, 2.45) is 0 Å². The third-order valence-electron chi connectivity index (χ3n) is 5.09. The number of piperazine rings is 1. The molecule has 1 fully saturated rings. The average Bonchev–Trinajstić information content (AvgIpc) is 2.72. The number of hydrogen-bond acceptors (Lipinski definition) is 4. The van der Waals surface area contributed by atoms with E-state index in [1.165, 1.54) is 10.5 Å². The van der Waals surface area contributed by atoms with Crippen molar-refractivity contribution in [1.82, 2.24) is 9.88 Å². The molecular formula is C22H28N3O3+. The Morgan fingerprint density at radius 2 is 1.75 bits per heavy atom. The van der Waals surface area contributed by atoms with Gasteiger partial charge >= 0.3 is 0 Å². The summed E-state index contributed by atoms with van der Waals surface area (Å²) in [6.07, 6.45) is 4.85. The molecule has 1 aliphatic rings. The zero-order chi connectivity index (χ0) is 19.8. The van der Waals surface area contributed by atoms with Crippen LogP contribution in [0.4, 0.5) is 0 Å². The Balaban J connectivity index is 1.33. The van der Waals surface area contributed by atoms with Gasteiger partial charge in [-0.05, 0) is 49.7 Å². The lowest BCUT2D eigenvalue weighted by Crippen LogP contribution is -3.13. The van der Waals surface area contributed by atoms with E-state index in [2.05, 4.69) is 17.1 Å². The Morgan fingerprint density at radius 1 is 1.07 bits per heavy atom. The summed E-state index contributed by atoms with van der Waals surface area (Å²) in [4.78, 5) is 31.2. The second kappa shape index (κ2) is 9.99. The monoisotopic (exact) mass is 382 g/mol. The van der Waals surface area contributed by atoms with Crippen LogP contribution in [0, 0.1) is 0 Å². The standard InChI is InChI=1S/C22H27N3O3/c1-18(26)20-4-6-21(7-5-20)28-16-2-3-22(27)25-14-12-24(13-15-25)17-19-8-10-23-11-9-19/h4-11H,2-3,12-17H2,1H3/p+1. The van der Waals surface area contributed by atoms with Crippen molar-refractivity contribution in [3.05, 3.63) is 59.9 Å². The van der Waals surface area contributed by atoms with Gasteiger partial charge in [0, 0.05) is 29.9 Å². The number of aromatic nitrogens is 1. The first-order valence-corrected chi connectivity index (χ1v) is 9.86. The molecule has 2 aromatic rings. The maximum atomic E-state index is 12.4. The van der Waals surface area contributed by atoms with Crippen LogP contribution in [0.5, 0.6) is 5.75 Å². The molecule has 1 aliphatic heterocycles. The van der Waals surface area contributed by atoms with Crippen LogP contribution < -0.4 is 9.64 Å². The van der Waals surface area contributed by atoms with Crippen molar-refractivity contribution in [3.63, 3.8) is 0 Å². The maximum Gasteiger partial charge on any atom is 0.223 e. The van der Waals surface area contributed by atoms with Gasteiger partial charge in [-0.1, -0.05) is 0 Å². The van der Waals surface area contributed by atoms with E-state index in [4.69, 9.17) is 4.74 Å². The second-order valence-electron chi connectivity index (χ2n) is 7.20. The number of nitrogens with one attached hydrogen (secondary N) is 1. The van der Waals surface area contributed by atoms with Crippen LogP contribution in [0.2, 0.25) is 0 Å². The number of pyridine rings is 1. The highest BCUT2D eigenvalue weighted by Gasteiger charge is 2.23. The molecule has 6 heteroatoms. The van der Waals surface area contributed by atoms with Gasteiger partial charge in [0.1, 0.15) is 12.3 Å². The molecule has 148 valence electrons. The van der Waals surface area contributed by atoms with E-state index in [0.29, 0.717) is 25.0 Å². The summed E-state index contributed by atoms with van der Waals surface area (Å²) in [5, 5.41) is 0. The highest BCUT2D eigenvalue weighted by Crippen LogP contribution is 2.13. The molecule has 28 heavy (non-hydrogen) atoms. The van der Waals surface area contributed by atoms with E-state index in [9.17, 15) is 9.59 Å². The van der Waals surface area contributed by atoms with E-state index in [0.717, 1.165) is 38.5 Å². The normalized spacial score (nSPS) is 14.7. The van der Waals surface area contributed by atoms with E-state index < -0.39 is 0 Å². The molecule has 0 atom stereocenters. The van der Waals surface area contributed by atoms with Gasteiger partial charge in [0.05, 0.1) is 32.8 Å². The first kappa shape index (κ1) is 20.0. The predicted octanol–water partition coefficient (Wildman–Crippen LogP) is 1.37. The molecule has 6 nitrogen and oxygen atoms in total. The third kappa shape index (κ3) is 5.89. The van der Waals surface area contributed by atoms with Crippen molar-refractivity contribution >= 4 is 11.7 Å². The highest BCUT2D eigenvalue weighted by atomic mass is 16.5. The Hall–Kier alpha value is -2.73. The molecule has 0 saturated carbocycles. The van der Waals surface area contributed by atoms with E-state index in [1.54, 1.807) is 31.2 Å². The number of hydrogen-bond donors (Lipinski definition) is 1. The van der Waals surface area contributed by atoms with Crippen LogP contribution in [0.15, 0.2) is 48.8 Å². The molecule has 0 spiro atoms. The minimum absolute atomic E-state index is 0.0415. The summed E-state index contributed by atoms with van der Waals surface area (Å²) >= 11 is 0. The topological polar surface area (TPSA) is 63.9 Å². The number of carbonyl (C=O) groups excluding carboxylic acids is 2. The third-order valence-corrected chi connectivity index (χ3v) is 5.09. The van der Waals surface area contributed by atoms with Crippen LogP contribution in [-0.2, 0) is 11.3 Å². The van der Waals surface area contributed by atoms with Crippen molar-refractivity contribution in [1.29, 1.82) is 0 Å². The fourth-order valence-corrected chi connectivity index (χ4v) is 3.40. The molecule has 3 rings (SSSR count). The lowest BCUT2D eigenvalue weighted by atomic mass is 10.1. The van der Waals surface area contributed by atoms with Crippen LogP contribution >= 0.6 is 0 Å². The number of amides is 1. The van der Waals surface area contributed by atoms with Crippen molar-refractivity contribution in [2.75, 3.05) is 32.8 Å². The summed E-state index contributed by atoms with van der Waals surface area (Å²) in [6.45, 7) is 6.61. The Bertz CT molecular complexity index is 769. The van der Waals surface area contributed by atoms with Gasteiger partial charge in [0.25, 0.3) is 0 Å². The molecule has 1 aromatic carbocycles. The lowest BCUT2D eigenvalue weighted by molar-refractivity contribution is -0.917. The first-order valence-electron chi connectivity index (χ1n) is 9.86. The number of ether oxygens (including phenoxy) is 1. The molecule has 1 aromatic heterocycles. The molecule has 1 saturated heterocycles. The second-order valence-corrected chi connectivity index (χ2v) is 7.20. The average molecular weight is 382 g/mol. The summed E-state index contributed by atoms with van der Waals surface area (Å²) in [5.74, 6) is 0.976. The molecule has 1 amide bonds. The summed E-state index contributed by atoms with van der Waals surface area (Å²) < 4.78 is 5.67. The quantitative estimate of drug-likeness (QED) is 0.553. The number of ketones is 1. The summed E-state index contributed by atoms with van der Waals surface area (Å²) in [5.41, 5.74) is 1.96.